The van der Waals surface area contributed by atoms with Crippen molar-refractivity contribution in [1.29, 1.82) is 0 Å². The Morgan fingerprint density at radius 3 is 2.59 bits per heavy atom. The summed E-state index contributed by atoms with van der Waals surface area (Å²) in [6, 6.07) is 14.9. The van der Waals surface area contributed by atoms with Crippen LogP contribution < -0.4 is 10.5 Å². The molecular formula is C18H16ClNO2. The van der Waals surface area contributed by atoms with Crippen LogP contribution in [0.5, 0.6) is 5.75 Å². The molecule has 3 rings (SSSR count). The fraction of sp³-hybridized carbons (Fsp3) is 0.167. The van der Waals surface area contributed by atoms with Crippen LogP contribution in [-0.2, 0) is 4.79 Å². The smallest absolute Gasteiger partial charge is 0.173 e. The maximum atomic E-state index is 12.8. The first kappa shape index (κ1) is 14.7. The maximum absolute atomic E-state index is 12.8. The summed E-state index contributed by atoms with van der Waals surface area (Å²) >= 11 is 6.10. The molecule has 0 aliphatic heterocycles. The molecule has 0 fully saturated rings. The lowest BCUT2D eigenvalue weighted by molar-refractivity contribution is -0.114. The number of hydrogen-bond acceptors (Lipinski definition) is 3. The van der Waals surface area contributed by atoms with E-state index in [1.807, 2.05) is 30.3 Å². The van der Waals surface area contributed by atoms with Gasteiger partial charge in [-0.05, 0) is 29.3 Å². The van der Waals surface area contributed by atoms with E-state index < -0.39 is 0 Å². The third-order valence-corrected chi connectivity index (χ3v) is 4.12. The molecule has 0 bridgehead atoms. The molecule has 2 aromatic rings. The second-order valence-corrected chi connectivity index (χ2v) is 5.75. The van der Waals surface area contributed by atoms with Crippen molar-refractivity contribution in [3.63, 3.8) is 0 Å². The van der Waals surface area contributed by atoms with E-state index in [0.29, 0.717) is 34.0 Å². The number of ether oxygens (including phenoxy) is 1. The highest BCUT2D eigenvalue weighted by molar-refractivity contribution is 6.32. The molecule has 112 valence electrons. The molecule has 0 saturated heterocycles. The number of hydrogen-bond donors (Lipinski definition) is 1. The van der Waals surface area contributed by atoms with E-state index in [0.717, 1.165) is 5.56 Å². The molecular weight excluding hydrogens is 298 g/mol. The van der Waals surface area contributed by atoms with Gasteiger partial charge in [0.15, 0.2) is 5.78 Å². The summed E-state index contributed by atoms with van der Waals surface area (Å²) in [6.07, 6.45) is 0.535. The van der Waals surface area contributed by atoms with Crippen molar-refractivity contribution in [3.05, 3.63) is 70.4 Å². The van der Waals surface area contributed by atoms with Crippen molar-refractivity contribution in [1.82, 2.24) is 0 Å². The summed E-state index contributed by atoms with van der Waals surface area (Å²) in [6.45, 7) is 0. The van der Waals surface area contributed by atoms with Crippen LogP contribution in [0.2, 0.25) is 5.02 Å². The molecule has 1 aliphatic rings. The molecule has 4 heteroatoms. The van der Waals surface area contributed by atoms with E-state index in [-0.39, 0.29) is 11.7 Å². The lowest BCUT2D eigenvalue weighted by Crippen LogP contribution is -2.08. The minimum absolute atomic E-state index is 0.0352. The van der Waals surface area contributed by atoms with E-state index in [4.69, 9.17) is 22.1 Å². The van der Waals surface area contributed by atoms with Gasteiger partial charge in [-0.15, -0.1) is 0 Å². The lowest BCUT2D eigenvalue weighted by Gasteiger charge is -2.10. The van der Waals surface area contributed by atoms with Gasteiger partial charge in [0, 0.05) is 22.7 Å². The number of nitrogens with two attached hydrogens (primary N) is 1. The number of carbonyl (C=O) groups is 1. The number of halogens is 1. The minimum Gasteiger partial charge on any atom is -0.497 e. The first-order valence-corrected chi connectivity index (χ1v) is 7.40. The van der Waals surface area contributed by atoms with Gasteiger partial charge in [-0.3, -0.25) is 4.79 Å². The van der Waals surface area contributed by atoms with Gasteiger partial charge >= 0.3 is 0 Å². The highest BCUT2D eigenvalue weighted by Gasteiger charge is 2.33. The Bertz CT molecular complexity index is 753. The van der Waals surface area contributed by atoms with Gasteiger partial charge in [0.2, 0.25) is 0 Å². The first-order chi connectivity index (χ1) is 10.6. The Labute approximate surface area is 134 Å². The average molecular weight is 314 g/mol. The van der Waals surface area contributed by atoms with E-state index in [9.17, 15) is 4.79 Å². The largest absolute Gasteiger partial charge is 0.497 e. The van der Waals surface area contributed by atoms with Crippen LogP contribution in [0.3, 0.4) is 0 Å². The first-order valence-electron chi connectivity index (χ1n) is 7.03. The van der Waals surface area contributed by atoms with Gasteiger partial charge in [0.1, 0.15) is 5.75 Å². The summed E-state index contributed by atoms with van der Waals surface area (Å²) in [5.74, 6) is 0.424. The Morgan fingerprint density at radius 1 is 1.18 bits per heavy atom. The average Bonchev–Trinajstić information content (AvgIpc) is 2.82. The predicted molar refractivity (Wildman–Crippen MR) is 87.9 cm³/mol. The summed E-state index contributed by atoms with van der Waals surface area (Å²) in [7, 11) is 1.57. The molecule has 0 spiro atoms. The lowest BCUT2D eigenvalue weighted by atomic mass is 9.93. The van der Waals surface area contributed by atoms with Gasteiger partial charge < -0.3 is 10.5 Å². The van der Waals surface area contributed by atoms with Crippen molar-refractivity contribution in [2.45, 2.75) is 12.3 Å². The highest BCUT2D eigenvalue weighted by Crippen LogP contribution is 2.39. The molecule has 2 N–H and O–H groups in total. The minimum atomic E-state index is -0.221. The van der Waals surface area contributed by atoms with Crippen molar-refractivity contribution >= 4 is 23.0 Å². The second kappa shape index (κ2) is 5.85. The topological polar surface area (TPSA) is 52.3 Å². The molecule has 0 amide bonds. The van der Waals surface area contributed by atoms with E-state index in [2.05, 4.69) is 0 Å². The van der Waals surface area contributed by atoms with Gasteiger partial charge in [-0.1, -0.05) is 41.9 Å². The summed E-state index contributed by atoms with van der Waals surface area (Å²) < 4.78 is 5.22. The predicted octanol–water partition coefficient (Wildman–Crippen LogP) is 3.78. The van der Waals surface area contributed by atoms with Gasteiger partial charge in [0.25, 0.3) is 0 Å². The number of rotatable bonds is 3. The monoisotopic (exact) mass is 313 g/mol. The standard InChI is InChI=1S/C18H16ClNO2/c1-22-14-8-12(7-13(19)9-14)17-16(20)10-15(18(17)21)11-5-3-2-4-6-11/h2-9,15H,10,20H2,1H3. The third kappa shape index (κ3) is 2.60. The summed E-state index contributed by atoms with van der Waals surface area (Å²) in [5.41, 5.74) is 9.00. The Kier molecular flexibility index (Phi) is 3.90. The summed E-state index contributed by atoms with van der Waals surface area (Å²) in [5, 5.41) is 0.519. The van der Waals surface area contributed by atoms with Crippen LogP contribution >= 0.6 is 11.6 Å². The molecule has 0 saturated carbocycles. The van der Waals surface area contributed by atoms with Gasteiger partial charge in [-0.2, -0.15) is 0 Å². The number of benzene rings is 2. The quantitative estimate of drug-likeness (QED) is 0.938. The zero-order chi connectivity index (χ0) is 15.7. The Balaban J connectivity index is 2.00. The van der Waals surface area contributed by atoms with Crippen LogP contribution in [0.25, 0.3) is 5.57 Å². The van der Waals surface area contributed by atoms with Crippen LogP contribution in [0.1, 0.15) is 23.5 Å². The zero-order valence-electron chi connectivity index (χ0n) is 12.2. The van der Waals surface area contributed by atoms with E-state index in [1.165, 1.54) is 0 Å². The van der Waals surface area contributed by atoms with Crippen LogP contribution in [0.4, 0.5) is 0 Å². The van der Waals surface area contributed by atoms with E-state index >= 15 is 0 Å². The van der Waals surface area contributed by atoms with Crippen LogP contribution in [0, 0.1) is 0 Å². The molecule has 2 aromatic carbocycles. The number of Topliss-reactive ketones (excluding diaryl/α,β-unsaturated/α-hetero) is 1. The number of ketones is 1. The van der Waals surface area contributed by atoms with Crippen molar-refractivity contribution in [3.8, 4) is 5.75 Å². The van der Waals surface area contributed by atoms with E-state index in [1.54, 1.807) is 25.3 Å². The maximum Gasteiger partial charge on any atom is 0.173 e. The van der Waals surface area contributed by atoms with Crippen LogP contribution in [0.15, 0.2) is 54.2 Å². The van der Waals surface area contributed by atoms with Crippen molar-refractivity contribution < 1.29 is 9.53 Å². The van der Waals surface area contributed by atoms with Gasteiger partial charge in [0.05, 0.1) is 13.0 Å². The number of carbonyl (C=O) groups excluding carboxylic acids is 1. The molecule has 0 radical (unpaired) electrons. The Morgan fingerprint density at radius 2 is 1.91 bits per heavy atom. The molecule has 1 atom stereocenters. The van der Waals surface area contributed by atoms with Crippen LogP contribution in [-0.4, -0.2) is 12.9 Å². The highest BCUT2D eigenvalue weighted by atomic mass is 35.5. The number of methoxy groups -OCH3 is 1. The van der Waals surface area contributed by atoms with Gasteiger partial charge in [-0.25, -0.2) is 0 Å². The van der Waals surface area contributed by atoms with Crippen molar-refractivity contribution in [2.24, 2.45) is 5.73 Å². The SMILES string of the molecule is COc1cc(Cl)cc(C2=C(N)CC(c3ccccc3)C2=O)c1. The third-order valence-electron chi connectivity index (χ3n) is 3.91. The molecule has 1 aliphatic carbocycles. The van der Waals surface area contributed by atoms with Crippen molar-refractivity contribution in [2.75, 3.05) is 7.11 Å². The Hall–Kier alpha value is -2.26. The fourth-order valence-corrected chi connectivity index (χ4v) is 3.08. The molecule has 0 heterocycles. The second-order valence-electron chi connectivity index (χ2n) is 5.31. The fourth-order valence-electron chi connectivity index (χ4n) is 2.85. The number of allylic oxidation sites excluding steroid dienone is 2. The molecule has 0 aromatic heterocycles. The molecule has 1 unspecified atom stereocenters. The summed E-state index contributed by atoms with van der Waals surface area (Å²) in [4.78, 5) is 12.8. The molecule has 3 nitrogen and oxygen atoms in total. The normalized spacial score (nSPS) is 17.9. The molecule has 22 heavy (non-hydrogen) atoms. The zero-order valence-corrected chi connectivity index (χ0v) is 12.9.